The molecule has 27 heavy (non-hydrogen) atoms. The summed E-state index contributed by atoms with van der Waals surface area (Å²) in [5, 5.41) is 0. The van der Waals surface area contributed by atoms with Crippen molar-refractivity contribution < 1.29 is 13.2 Å². The predicted molar refractivity (Wildman–Crippen MR) is 106 cm³/mol. The van der Waals surface area contributed by atoms with Crippen LogP contribution in [0.15, 0.2) is 30.3 Å². The third kappa shape index (κ3) is 4.12. The summed E-state index contributed by atoms with van der Waals surface area (Å²) in [6.07, 6.45) is 1.24. The van der Waals surface area contributed by atoms with Crippen LogP contribution >= 0.6 is 0 Å². The Kier molecular flexibility index (Phi) is 4.61. The van der Waals surface area contributed by atoms with Crippen molar-refractivity contribution in [2.45, 2.75) is 12.7 Å². The molecule has 7 nitrogen and oxygen atoms in total. The zero-order valence-corrected chi connectivity index (χ0v) is 16.2. The number of sulfone groups is 1. The van der Waals surface area contributed by atoms with Crippen LogP contribution in [-0.4, -0.2) is 55.9 Å². The molecule has 4 rings (SSSR count). The van der Waals surface area contributed by atoms with Crippen LogP contribution in [0, 0.1) is 6.92 Å². The van der Waals surface area contributed by atoms with Crippen molar-refractivity contribution in [3.05, 3.63) is 41.6 Å². The van der Waals surface area contributed by atoms with E-state index in [-0.39, 0.29) is 5.75 Å². The number of nitrogens with one attached hydrogen (secondary N) is 1. The minimum Gasteiger partial charge on any atom is -0.378 e. The van der Waals surface area contributed by atoms with Gasteiger partial charge in [0, 0.05) is 25.0 Å². The average Bonchev–Trinajstić information content (AvgIpc) is 3.00. The lowest BCUT2D eigenvalue weighted by Crippen LogP contribution is -2.36. The molecule has 0 spiro atoms. The lowest BCUT2D eigenvalue weighted by Gasteiger charge is -2.28. The molecule has 1 N–H and O–H groups in total. The molecule has 4 heterocycles. The van der Waals surface area contributed by atoms with E-state index in [0.29, 0.717) is 18.9 Å². The van der Waals surface area contributed by atoms with Gasteiger partial charge in [-0.1, -0.05) is 0 Å². The van der Waals surface area contributed by atoms with Crippen LogP contribution < -0.4 is 4.90 Å². The fourth-order valence-electron chi connectivity index (χ4n) is 3.33. The molecule has 1 saturated heterocycles. The molecule has 0 bridgehead atoms. The van der Waals surface area contributed by atoms with Crippen molar-refractivity contribution >= 4 is 26.7 Å². The van der Waals surface area contributed by atoms with Crippen LogP contribution in [-0.2, 0) is 20.3 Å². The lowest BCUT2D eigenvalue weighted by atomic mass is 10.1. The first-order chi connectivity index (χ1) is 12.9. The second kappa shape index (κ2) is 6.94. The fourth-order valence-corrected chi connectivity index (χ4v) is 4.10. The number of morpholine rings is 1. The van der Waals surface area contributed by atoms with Crippen LogP contribution in [0.4, 0.5) is 5.82 Å². The lowest BCUT2D eigenvalue weighted by molar-refractivity contribution is 0.122. The highest BCUT2D eigenvalue weighted by atomic mass is 32.2. The van der Waals surface area contributed by atoms with E-state index >= 15 is 0 Å². The monoisotopic (exact) mass is 386 g/mol. The zero-order valence-electron chi connectivity index (χ0n) is 15.4. The number of H-pyrrole nitrogens is 1. The standard InChI is InChI=1S/C19H22N4O3S/c1-13-9-17-15(20-13)3-4-16(21-17)18-10-14(12-27(2,24)25)11-19(22-18)23-5-7-26-8-6-23/h3-4,9-11,20H,5-8,12H2,1-2H3. The summed E-state index contributed by atoms with van der Waals surface area (Å²) in [4.78, 5) is 14.9. The number of aromatic nitrogens is 3. The Bertz CT molecular complexity index is 1090. The molecule has 0 aromatic carbocycles. The fraction of sp³-hybridized carbons (Fsp3) is 0.368. The Balaban J connectivity index is 1.80. The summed E-state index contributed by atoms with van der Waals surface area (Å²) < 4.78 is 29.1. The molecule has 1 aliphatic heterocycles. The van der Waals surface area contributed by atoms with Gasteiger partial charge in [-0.25, -0.2) is 18.4 Å². The third-order valence-corrected chi connectivity index (χ3v) is 5.37. The maximum Gasteiger partial charge on any atom is 0.151 e. The summed E-state index contributed by atoms with van der Waals surface area (Å²) in [5.74, 6) is 0.743. The van der Waals surface area contributed by atoms with Crippen LogP contribution in [0.5, 0.6) is 0 Å². The number of ether oxygens (including phenoxy) is 1. The molecule has 142 valence electrons. The Labute approximate surface area is 158 Å². The Morgan fingerprint density at radius 3 is 2.63 bits per heavy atom. The van der Waals surface area contributed by atoms with Gasteiger partial charge < -0.3 is 14.6 Å². The molecule has 0 amide bonds. The van der Waals surface area contributed by atoms with E-state index in [0.717, 1.165) is 46.9 Å². The highest BCUT2D eigenvalue weighted by molar-refractivity contribution is 7.89. The van der Waals surface area contributed by atoms with Gasteiger partial charge in [-0.15, -0.1) is 0 Å². The van der Waals surface area contributed by atoms with Gasteiger partial charge in [0.1, 0.15) is 5.82 Å². The largest absolute Gasteiger partial charge is 0.378 e. The van der Waals surface area contributed by atoms with Crippen LogP contribution in [0.1, 0.15) is 11.3 Å². The maximum atomic E-state index is 11.8. The van der Waals surface area contributed by atoms with E-state index < -0.39 is 9.84 Å². The highest BCUT2D eigenvalue weighted by Gasteiger charge is 2.17. The molecule has 0 aliphatic carbocycles. The van der Waals surface area contributed by atoms with Crippen molar-refractivity contribution in [2.24, 2.45) is 0 Å². The number of aromatic amines is 1. The number of anilines is 1. The molecule has 3 aromatic heterocycles. The summed E-state index contributed by atoms with van der Waals surface area (Å²) >= 11 is 0. The second-order valence-electron chi connectivity index (χ2n) is 6.97. The second-order valence-corrected chi connectivity index (χ2v) is 9.11. The first-order valence-corrected chi connectivity index (χ1v) is 10.9. The van der Waals surface area contributed by atoms with E-state index in [2.05, 4.69) is 9.88 Å². The van der Waals surface area contributed by atoms with Gasteiger partial charge in [-0.05, 0) is 42.8 Å². The number of hydrogen-bond acceptors (Lipinski definition) is 6. The van der Waals surface area contributed by atoms with E-state index in [4.69, 9.17) is 14.7 Å². The molecule has 0 radical (unpaired) electrons. The molecule has 0 unspecified atom stereocenters. The minimum atomic E-state index is -3.15. The molecular weight excluding hydrogens is 364 g/mol. The quantitative estimate of drug-likeness (QED) is 0.740. The summed E-state index contributed by atoms with van der Waals surface area (Å²) in [6.45, 7) is 4.74. The zero-order chi connectivity index (χ0) is 19.0. The Morgan fingerprint density at radius 1 is 1.11 bits per heavy atom. The van der Waals surface area contributed by atoms with Gasteiger partial charge in [0.05, 0.1) is 41.4 Å². The SMILES string of the molecule is Cc1cc2nc(-c3cc(CS(C)(=O)=O)cc(N4CCOCC4)n3)ccc2[nH]1. The van der Waals surface area contributed by atoms with Crippen molar-refractivity contribution in [1.82, 2.24) is 15.0 Å². The number of pyridine rings is 2. The van der Waals surface area contributed by atoms with Crippen molar-refractivity contribution in [3.8, 4) is 11.4 Å². The number of rotatable bonds is 4. The number of nitrogens with zero attached hydrogens (tertiary/aromatic N) is 3. The van der Waals surface area contributed by atoms with E-state index in [1.807, 2.05) is 37.3 Å². The summed E-state index contributed by atoms with van der Waals surface area (Å²) in [7, 11) is -3.15. The van der Waals surface area contributed by atoms with Gasteiger partial charge in [0.25, 0.3) is 0 Å². The molecule has 0 atom stereocenters. The Morgan fingerprint density at radius 2 is 1.89 bits per heavy atom. The number of fused-ring (bicyclic) bond motifs is 1. The molecule has 1 aliphatic rings. The molecule has 3 aromatic rings. The molecule has 8 heteroatoms. The van der Waals surface area contributed by atoms with Crippen LogP contribution in [0.3, 0.4) is 0 Å². The van der Waals surface area contributed by atoms with Crippen LogP contribution in [0.25, 0.3) is 22.4 Å². The topological polar surface area (TPSA) is 88.2 Å². The van der Waals surface area contributed by atoms with E-state index in [1.165, 1.54) is 6.26 Å². The average molecular weight is 386 g/mol. The number of hydrogen-bond donors (Lipinski definition) is 1. The van der Waals surface area contributed by atoms with Crippen molar-refractivity contribution in [3.63, 3.8) is 0 Å². The first kappa shape index (κ1) is 17.9. The van der Waals surface area contributed by atoms with Gasteiger partial charge in [-0.2, -0.15) is 0 Å². The molecule has 0 saturated carbocycles. The highest BCUT2D eigenvalue weighted by Crippen LogP contribution is 2.25. The maximum absolute atomic E-state index is 11.8. The first-order valence-electron chi connectivity index (χ1n) is 8.85. The van der Waals surface area contributed by atoms with E-state index in [1.54, 1.807) is 0 Å². The normalized spacial score (nSPS) is 15.4. The van der Waals surface area contributed by atoms with E-state index in [9.17, 15) is 8.42 Å². The van der Waals surface area contributed by atoms with Gasteiger partial charge in [-0.3, -0.25) is 0 Å². The predicted octanol–water partition coefficient (Wildman–Crippen LogP) is 2.31. The number of aryl methyl sites for hydroxylation is 1. The van der Waals surface area contributed by atoms with Crippen LogP contribution in [0.2, 0.25) is 0 Å². The van der Waals surface area contributed by atoms with Gasteiger partial charge in [0.15, 0.2) is 9.84 Å². The Hall–Kier alpha value is -2.45. The van der Waals surface area contributed by atoms with Gasteiger partial charge in [0.2, 0.25) is 0 Å². The summed E-state index contributed by atoms with van der Waals surface area (Å²) in [5.41, 5.74) is 5.01. The summed E-state index contributed by atoms with van der Waals surface area (Å²) in [6, 6.07) is 9.55. The minimum absolute atomic E-state index is 0.0225. The van der Waals surface area contributed by atoms with Crippen molar-refractivity contribution in [1.29, 1.82) is 0 Å². The van der Waals surface area contributed by atoms with Gasteiger partial charge >= 0.3 is 0 Å². The molecular formula is C19H22N4O3S. The third-order valence-electron chi connectivity index (χ3n) is 4.51. The smallest absolute Gasteiger partial charge is 0.151 e. The van der Waals surface area contributed by atoms with Crippen molar-refractivity contribution in [2.75, 3.05) is 37.5 Å². The molecule has 1 fully saturated rings.